The van der Waals surface area contributed by atoms with Crippen molar-refractivity contribution in [2.24, 2.45) is 5.11 Å². The Hall–Kier alpha value is -3.24. The number of nitrogens with zero attached hydrogens (tertiary/aromatic N) is 4. The van der Waals surface area contributed by atoms with Crippen LogP contribution in [0, 0.1) is 0 Å². The highest BCUT2D eigenvalue weighted by atomic mass is 16.6. The molecule has 3 rings (SSSR count). The molecule has 126 valence electrons. The fourth-order valence-corrected chi connectivity index (χ4v) is 2.77. The molecule has 0 radical (unpaired) electrons. The molecule has 0 aromatic heterocycles. The molecule has 2 aromatic carbocycles. The highest BCUT2D eigenvalue weighted by molar-refractivity contribution is 5.77. The van der Waals surface area contributed by atoms with Gasteiger partial charge in [0.25, 0.3) is 0 Å². The zero-order chi connectivity index (χ0) is 17.5. The predicted octanol–water partition coefficient (Wildman–Crippen LogP) is 5.05. The molecular weight excluding hydrogens is 316 g/mol. The van der Waals surface area contributed by atoms with E-state index >= 15 is 0 Å². The summed E-state index contributed by atoms with van der Waals surface area (Å²) in [5, 5.41) is 3.73. The van der Waals surface area contributed by atoms with Gasteiger partial charge in [-0.3, -0.25) is 0 Å². The van der Waals surface area contributed by atoms with Crippen LogP contribution in [-0.4, -0.2) is 24.1 Å². The highest BCUT2D eigenvalue weighted by Crippen LogP contribution is 2.30. The molecule has 2 aromatic rings. The largest absolute Gasteiger partial charge is 0.445 e. The van der Waals surface area contributed by atoms with Gasteiger partial charge in [-0.15, -0.1) is 0 Å². The van der Waals surface area contributed by atoms with Crippen LogP contribution in [0.1, 0.15) is 17.5 Å². The smallest absolute Gasteiger partial charge is 0.410 e. The molecule has 0 fully saturated rings. The van der Waals surface area contributed by atoms with Crippen molar-refractivity contribution in [1.82, 2.24) is 4.90 Å². The Balaban J connectivity index is 1.62. The Labute approximate surface area is 146 Å². The normalized spacial score (nSPS) is 13.6. The lowest BCUT2D eigenvalue weighted by molar-refractivity contribution is 0.0998. The molecule has 0 unspecified atom stereocenters. The molecule has 1 aliphatic rings. The van der Waals surface area contributed by atoms with Crippen molar-refractivity contribution in [3.8, 4) is 0 Å². The Morgan fingerprint density at radius 3 is 2.64 bits per heavy atom. The average Bonchev–Trinajstić information content (AvgIpc) is 2.68. The lowest BCUT2D eigenvalue weighted by atomic mass is 9.98. The van der Waals surface area contributed by atoms with Gasteiger partial charge in [0.15, 0.2) is 0 Å². The van der Waals surface area contributed by atoms with Crippen LogP contribution in [0.5, 0.6) is 0 Å². The standard InChI is InChI=1S/C19H18N4O2/c20-22-21-18-9-5-4-8-17(18)16-10-12-23(13-11-16)19(24)25-14-15-6-2-1-3-7-15/h1-10H,11-14H2. The first-order valence-corrected chi connectivity index (χ1v) is 8.07. The topological polar surface area (TPSA) is 78.3 Å². The SMILES string of the molecule is [N-]=[N+]=Nc1ccccc1C1=CCN(C(=O)OCc2ccccc2)CC1. The van der Waals surface area contributed by atoms with Gasteiger partial charge in [-0.2, -0.15) is 0 Å². The highest BCUT2D eigenvalue weighted by Gasteiger charge is 2.20. The summed E-state index contributed by atoms with van der Waals surface area (Å²) in [7, 11) is 0. The van der Waals surface area contributed by atoms with E-state index in [1.165, 1.54) is 0 Å². The van der Waals surface area contributed by atoms with E-state index in [1.807, 2.05) is 54.6 Å². The van der Waals surface area contributed by atoms with E-state index in [0.717, 1.165) is 16.7 Å². The van der Waals surface area contributed by atoms with Gasteiger partial charge in [-0.1, -0.05) is 65.8 Å². The third kappa shape index (κ3) is 4.19. The summed E-state index contributed by atoms with van der Waals surface area (Å²) < 4.78 is 5.36. The zero-order valence-corrected chi connectivity index (χ0v) is 13.7. The van der Waals surface area contributed by atoms with E-state index < -0.39 is 0 Å². The molecule has 25 heavy (non-hydrogen) atoms. The molecule has 0 saturated carbocycles. The number of carbonyl (C=O) groups excluding carboxylic acids is 1. The van der Waals surface area contributed by atoms with E-state index in [1.54, 1.807) is 11.0 Å². The van der Waals surface area contributed by atoms with Crippen molar-refractivity contribution >= 4 is 17.4 Å². The second-order valence-electron chi connectivity index (χ2n) is 5.67. The monoisotopic (exact) mass is 334 g/mol. The molecule has 0 atom stereocenters. The zero-order valence-electron chi connectivity index (χ0n) is 13.7. The third-order valence-electron chi connectivity index (χ3n) is 4.07. The number of rotatable bonds is 4. The van der Waals surface area contributed by atoms with Crippen LogP contribution in [0.4, 0.5) is 10.5 Å². The van der Waals surface area contributed by atoms with Crippen LogP contribution in [0.25, 0.3) is 16.0 Å². The molecule has 6 heteroatoms. The predicted molar refractivity (Wildman–Crippen MR) is 96.0 cm³/mol. The van der Waals surface area contributed by atoms with Gasteiger partial charge in [0.2, 0.25) is 0 Å². The van der Waals surface area contributed by atoms with Crippen molar-refractivity contribution < 1.29 is 9.53 Å². The Bertz CT molecular complexity index is 826. The maximum atomic E-state index is 12.2. The van der Waals surface area contributed by atoms with Crippen LogP contribution >= 0.6 is 0 Å². The Morgan fingerprint density at radius 2 is 1.92 bits per heavy atom. The number of azide groups is 1. The number of amides is 1. The minimum absolute atomic E-state index is 0.270. The van der Waals surface area contributed by atoms with Crippen LogP contribution in [0.3, 0.4) is 0 Å². The summed E-state index contributed by atoms with van der Waals surface area (Å²) in [5.74, 6) is 0. The lowest BCUT2D eigenvalue weighted by Crippen LogP contribution is -2.35. The molecule has 0 bridgehead atoms. The van der Waals surface area contributed by atoms with E-state index in [4.69, 9.17) is 10.3 Å². The third-order valence-corrected chi connectivity index (χ3v) is 4.07. The first-order chi connectivity index (χ1) is 12.3. The first kappa shape index (κ1) is 16.6. The van der Waals surface area contributed by atoms with Gasteiger partial charge in [0, 0.05) is 23.7 Å². The van der Waals surface area contributed by atoms with Gasteiger partial charge in [0.05, 0.1) is 0 Å². The van der Waals surface area contributed by atoms with Crippen LogP contribution in [0.15, 0.2) is 65.8 Å². The number of benzene rings is 2. The van der Waals surface area contributed by atoms with E-state index in [9.17, 15) is 4.79 Å². The summed E-state index contributed by atoms with van der Waals surface area (Å²) >= 11 is 0. The number of hydrogen-bond donors (Lipinski definition) is 0. The molecular formula is C19H18N4O2. The van der Waals surface area contributed by atoms with Gasteiger partial charge >= 0.3 is 6.09 Å². The van der Waals surface area contributed by atoms with Crippen LogP contribution in [0.2, 0.25) is 0 Å². The van der Waals surface area contributed by atoms with Crippen molar-refractivity contribution in [3.63, 3.8) is 0 Å². The average molecular weight is 334 g/mol. The number of hydrogen-bond acceptors (Lipinski definition) is 3. The summed E-state index contributed by atoms with van der Waals surface area (Å²) in [6.45, 7) is 1.32. The molecule has 0 N–H and O–H groups in total. The summed E-state index contributed by atoms with van der Waals surface area (Å²) in [6, 6.07) is 17.1. The molecule has 0 aliphatic carbocycles. The van der Waals surface area contributed by atoms with Crippen LogP contribution < -0.4 is 0 Å². The van der Waals surface area contributed by atoms with E-state index in [0.29, 0.717) is 25.2 Å². The fraction of sp³-hybridized carbons (Fsp3) is 0.211. The van der Waals surface area contributed by atoms with Crippen molar-refractivity contribution in [1.29, 1.82) is 0 Å². The molecule has 6 nitrogen and oxygen atoms in total. The Morgan fingerprint density at radius 1 is 1.16 bits per heavy atom. The minimum atomic E-state index is -0.317. The summed E-state index contributed by atoms with van der Waals surface area (Å²) in [5.41, 5.74) is 12.2. The number of carbonyl (C=O) groups is 1. The summed E-state index contributed by atoms with van der Waals surface area (Å²) in [4.78, 5) is 16.7. The van der Waals surface area contributed by atoms with Gasteiger partial charge < -0.3 is 9.64 Å². The fourth-order valence-electron chi connectivity index (χ4n) is 2.77. The van der Waals surface area contributed by atoms with E-state index in [2.05, 4.69) is 10.0 Å². The molecule has 1 amide bonds. The van der Waals surface area contributed by atoms with Gasteiger partial charge in [-0.25, -0.2) is 4.79 Å². The first-order valence-electron chi connectivity index (χ1n) is 8.07. The maximum absolute atomic E-state index is 12.2. The van der Waals surface area contributed by atoms with E-state index in [-0.39, 0.29) is 12.7 Å². The lowest BCUT2D eigenvalue weighted by Gasteiger charge is -2.26. The maximum Gasteiger partial charge on any atom is 0.410 e. The second-order valence-corrected chi connectivity index (χ2v) is 5.67. The van der Waals surface area contributed by atoms with Crippen molar-refractivity contribution in [3.05, 3.63) is 82.2 Å². The Kier molecular flexibility index (Phi) is 5.34. The van der Waals surface area contributed by atoms with Gasteiger partial charge in [0.1, 0.15) is 6.61 Å². The molecule has 1 heterocycles. The van der Waals surface area contributed by atoms with Gasteiger partial charge in [-0.05, 0) is 28.7 Å². The van der Waals surface area contributed by atoms with Crippen molar-refractivity contribution in [2.45, 2.75) is 13.0 Å². The van der Waals surface area contributed by atoms with Crippen LogP contribution in [-0.2, 0) is 11.3 Å². The molecule has 0 saturated heterocycles. The molecule has 0 spiro atoms. The quantitative estimate of drug-likeness (QED) is 0.445. The minimum Gasteiger partial charge on any atom is -0.445 e. The molecule has 1 aliphatic heterocycles. The second kappa shape index (κ2) is 8.04. The number of ether oxygens (including phenoxy) is 1. The van der Waals surface area contributed by atoms with Crippen molar-refractivity contribution in [2.75, 3.05) is 13.1 Å². The summed E-state index contributed by atoms with van der Waals surface area (Å²) in [6.07, 6.45) is 2.36.